The summed E-state index contributed by atoms with van der Waals surface area (Å²) >= 11 is 7.17. The van der Waals surface area contributed by atoms with Gasteiger partial charge in [-0.2, -0.15) is 0 Å². The summed E-state index contributed by atoms with van der Waals surface area (Å²) in [4.78, 5) is 37.3. The monoisotopic (exact) mass is 611 g/mol. The molecule has 0 aliphatic carbocycles. The van der Waals surface area contributed by atoms with Gasteiger partial charge in [0.25, 0.3) is 5.91 Å². The maximum Gasteiger partial charge on any atom is 0.338 e. The number of hydrogen-bond acceptors (Lipinski definition) is 8. The zero-order valence-electron chi connectivity index (χ0n) is 22.7. The van der Waals surface area contributed by atoms with Gasteiger partial charge < -0.3 is 20.1 Å². The largest absolute Gasteiger partial charge is 0.494 e. The molecule has 0 bridgehead atoms. The Morgan fingerprint density at radius 3 is 2.38 bits per heavy atom. The Bertz CT molecular complexity index is 1540. The van der Waals surface area contributed by atoms with Crippen molar-refractivity contribution in [2.24, 2.45) is 0 Å². The van der Waals surface area contributed by atoms with Gasteiger partial charge in [-0.25, -0.2) is 9.18 Å². The molecule has 2 N–H and O–H groups in total. The van der Waals surface area contributed by atoms with Gasteiger partial charge in [0.15, 0.2) is 11.0 Å². The zero-order chi connectivity index (χ0) is 30.1. The average Bonchev–Trinajstić information content (AvgIpc) is 3.38. The Morgan fingerprint density at radius 1 is 0.976 bits per heavy atom. The van der Waals surface area contributed by atoms with E-state index in [-0.39, 0.29) is 35.4 Å². The fourth-order valence-corrected chi connectivity index (χ4v) is 4.84. The normalized spacial score (nSPS) is 10.7. The van der Waals surface area contributed by atoms with Crippen LogP contribution in [-0.4, -0.2) is 51.5 Å². The molecule has 0 saturated carbocycles. The maximum atomic E-state index is 14.2. The molecule has 0 aliphatic heterocycles. The van der Waals surface area contributed by atoms with Crippen molar-refractivity contribution < 1.29 is 28.2 Å². The molecular weight excluding hydrogens is 585 g/mol. The van der Waals surface area contributed by atoms with Crippen LogP contribution in [0.15, 0.2) is 71.9 Å². The number of nitrogens with one attached hydrogen (secondary N) is 2. The van der Waals surface area contributed by atoms with Crippen LogP contribution in [0.25, 0.3) is 5.69 Å². The van der Waals surface area contributed by atoms with Crippen LogP contribution >= 0.6 is 23.4 Å². The number of carbonyl (C=O) groups excluding carboxylic acids is 3. The van der Waals surface area contributed by atoms with E-state index >= 15 is 0 Å². The summed E-state index contributed by atoms with van der Waals surface area (Å²) in [5.41, 5.74) is 1.28. The lowest BCUT2D eigenvalue weighted by Crippen LogP contribution is -2.26. The molecule has 218 valence electrons. The van der Waals surface area contributed by atoms with Gasteiger partial charge in [-0.3, -0.25) is 14.2 Å². The van der Waals surface area contributed by atoms with Gasteiger partial charge in [-0.05, 0) is 74.5 Å². The summed E-state index contributed by atoms with van der Waals surface area (Å²) in [7, 11) is 0. The van der Waals surface area contributed by atoms with Gasteiger partial charge in [0, 0.05) is 11.4 Å². The topological polar surface area (TPSA) is 124 Å². The minimum atomic E-state index is -0.745. The van der Waals surface area contributed by atoms with E-state index in [0.29, 0.717) is 40.3 Å². The van der Waals surface area contributed by atoms with E-state index in [1.165, 1.54) is 12.1 Å². The average molecular weight is 612 g/mol. The van der Waals surface area contributed by atoms with Crippen LogP contribution in [0.2, 0.25) is 5.02 Å². The van der Waals surface area contributed by atoms with E-state index in [0.717, 1.165) is 17.8 Å². The first-order chi connectivity index (χ1) is 20.3. The lowest BCUT2D eigenvalue weighted by Gasteiger charge is -2.12. The third-order valence-electron chi connectivity index (χ3n) is 5.72. The minimum Gasteiger partial charge on any atom is -0.494 e. The van der Waals surface area contributed by atoms with Gasteiger partial charge in [-0.1, -0.05) is 29.4 Å². The van der Waals surface area contributed by atoms with E-state index in [9.17, 15) is 18.8 Å². The molecule has 0 unspecified atom stereocenters. The summed E-state index contributed by atoms with van der Waals surface area (Å²) in [6.45, 7) is 4.28. The number of amides is 2. The van der Waals surface area contributed by atoms with Crippen molar-refractivity contribution >= 4 is 46.8 Å². The molecule has 4 rings (SSSR count). The van der Waals surface area contributed by atoms with Crippen molar-refractivity contribution in [2.75, 3.05) is 24.3 Å². The molecule has 42 heavy (non-hydrogen) atoms. The molecule has 1 aromatic heterocycles. The van der Waals surface area contributed by atoms with Crippen LogP contribution in [0, 0.1) is 5.82 Å². The lowest BCUT2D eigenvalue weighted by atomic mass is 10.2. The highest BCUT2D eigenvalue weighted by atomic mass is 35.5. The third-order valence-corrected chi connectivity index (χ3v) is 6.96. The predicted molar refractivity (Wildman–Crippen MR) is 157 cm³/mol. The number of halogens is 2. The Morgan fingerprint density at radius 2 is 1.71 bits per heavy atom. The van der Waals surface area contributed by atoms with Gasteiger partial charge >= 0.3 is 5.97 Å². The smallest absolute Gasteiger partial charge is 0.338 e. The second kappa shape index (κ2) is 14.5. The Balaban J connectivity index is 1.49. The van der Waals surface area contributed by atoms with Crippen LogP contribution < -0.4 is 15.4 Å². The first-order valence-corrected chi connectivity index (χ1v) is 14.3. The van der Waals surface area contributed by atoms with Crippen LogP contribution in [0.4, 0.5) is 10.1 Å². The molecule has 4 aromatic rings. The Kier molecular flexibility index (Phi) is 10.5. The van der Waals surface area contributed by atoms with Crippen molar-refractivity contribution in [3.8, 4) is 11.4 Å². The van der Waals surface area contributed by atoms with Crippen molar-refractivity contribution in [3.63, 3.8) is 0 Å². The number of aromatic nitrogens is 3. The number of anilines is 1. The highest BCUT2D eigenvalue weighted by Gasteiger charge is 2.20. The van der Waals surface area contributed by atoms with E-state index in [1.54, 1.807) is 60.0 Å². The van der Waals surface area contributed by atoms with E-state index in [2.05, 4.69) is 20.8 Å². The number of nitrogens with zero attached hydrogens (tertiary/aromatic N) is 3. The quantitative estimate of drug-likeness (QED) is 0.163. The van der Waals surface area contributed by atoms with Gasteiger partial charge in [0.1, 0.15) is 11.6 Å². The number of carbonyl (C=O) groups is 3. The molecule has 0 saturated heterocycles. The van der Waals surface area contributed by atoms with Crippen molar-refractivity contribution in [3.05, 3.63) is 94.5 Å². The van der Waals surface area contributed by atoms with Crippen LogP contribution in [0.5, 0.6) is 5.75 Å². The first kappa shape index (κ1) is 30.5. The highest BCUT2D eigenvalue weighted by molar-refractivity contribution is 7.99. The number of ether oxygens (including phenoxy) is 2. The number of esters is 1. The SMILES string of the molecule is CCOC(=O)c1ccc(NC(=O)CSc2nnc(CNC(=O)c3c(F)cccc3Cl)n2-c2ccc(OCC)cc2)cc1. The minimum absolute atomic E-state index is 0.00795. The summed E-state index contributed by atoms with van der Waals surface area (Å²) < 4.78 is 26.4. The Hall–Kier alpha value is -4.42. The van der Waals surface area contributed by atoms with E-state index in [4.69, 9.17) is 21.1 Å². The van der Waals surface area contributed by atoms with Crippen LogP contribution in [0.1, 0.15) is 40.4 Å². The molecular formula is C29H27ClFN5O5S. The van der Waals surface area contributed by atoms with Gasteiger partial charge in [-0.15, -0.1) is 10.2 Å². The standard InChI is InChI=1S/C29H27ClFN5O5S/c1-3-40-21-14-12-20(13-15-21)36-24(16-32-27(38)26-22(30)6-5-7-23(26)31)34-35-29(36)42-17-25(37)33-19-10-8-18(9-11-19)28(39)41-4-2/h5-15H,3-4,16-17H2,1-2H3,(H,32,38)(H,33,37). The number of rotatable bonds is 12. The molecule has 0 atom stereocenters. The fraction of sp³-hybridized carbons (Fsp3) is 0.207. The van der Waals surface area contributed by atoms with Crippen molar-refractivity contribution in [2.45, 2.75) is 25.5 Å². The molecule has 1 heterocycles. The highest BCUT2D eigenvalue weighted by Crippen LogP contribution is 2.25. The number of benzene rings is 3. The van der Waals surface area contributed by atoms with E-state index in [1.807, 2.05) is 6.92 Å². The first-order valence-electron chi connectivity index (χ1n) is 12.9. The molecule has 3 aromatic carbocycles. The van der Waals surface area contributed by atoms with E-state index < -0.39 is 17.7 Å². The molecule has 10 nitrogen and oxygen atoms in total. The summed E-state index contributed by atoms with van der Waals surface area (Å²) in [6, 6.07) is 17.5. The number of hydrogen-bond donors (Lipinski definition) is 2. The third kappa shape index (κ3) is 7.65. The summed E-state index contributed by atoms with van der Waals surface area (Å²) in [6.07, 6.45) is 0. The second-order valence-corrected chi connectivity index (χ2v) is 9.92. The predicted octanol–water partition coefficient (Wildman–Crippen LogP) is 5.30. The van der Waals surface area contributed by atoms with Crippen LogP contribution in [-0.2, 0) is 16.1 Å². The number of thioether (sulfide) groups is 1. The second-order valence-electron chi connectivity index (χ2n) is 8.58. The zero-order valence-corrected chi connectivity index (χ0v) is 24.3. The molecule has 0 spiro atoms. The molecule has 0 fully saturated rings. The molecule has 0 aliphatic rings. The molecule has 2 amide bonds. The molecule has 13 heteroatoms. The summed E-state index contributed by atoms with van der Waals surface area (Å²) in [5.74, 6) is -1.20. The Labute approximate surface area is 250 Å². The summed E-state index contributed by atoms with van der Waals surface area (Å²) in [5, 5.41) is 14.2. The fourth-order valence-electron chi connectivity index (χ4n) is 3.82. The maximum absolute atomic E-state index is 14.2. The van der Waals surface area contributed by atoms with Crippen LogP contribution in [0.3, 0.4) is 0 Å². The van der Waals surface area contributed by atoms with Crippen molar-refractivity contribution in [1.82, 2.24) is 20.1 Å². The van der Waals surface area contributed by atoms with Gasteiger partial charge in [0.2, 0.25) is 5.91 Å². The van der Waals surface area contributed by atoms with Gasteiger partial charge in [0.05, 0.1) is 41.7 Å². The lowest BCUT2D eigenvalue weighted by molar-refractivity contribution is -0.113. The van der Waals surface area contributed by atoms with Crippen molar-refractivity contribution in [1.29, 1.82) is 0 Å². The molecule has 0 radical (unpaired) electrons.